The average molecular weight is 351 g/mol. The van der Waals surface area contributed by atoms with Crippen LogP contribution < -0.4 is 4.74 Å². The van der Waals surface area contributed by atoms with E-state index in [0.29, 0.717) is 17.5 Å². The number of piperidine rings is 1. The normalized spacial score (nSPS) is 18.0. The molecule has 7 nitrogen and oxygen atoms in total. The van der Waals surface area contributed by atoms with Crippen LogP contribution in [0, 0.1) is 0 Å². The third-order valence-electron chi connectivity index (χ3n) is 4.64. The molecule has 1 aromatic carbocycles. The van der Waals surface area contributed by atoms with Crippen molar-refractivity contribution in [3.05, 3.63) is 54.3 Å². The Labute approximate surface area is 152 Å². The van der Waals surface area contributed by atoms with Gasteiger partial charge in [0.2, 0.25) is 5.89 Å². The molecule has 3 aromatic rings. The van der Waals surface area contributed by atoms with Crippen molar-refractivity contribution in [2.45, 2.75) is 25.3 Å². The highest BCUT2D eigenvalue weighted by atomic mass is 16.5. The van der Waals surface area contributed by atoms with E-state index in [4.69, 9.17) is 9.15 Å². The second kappa shape index (κ2) is 7.61. The number of nitrogens with zero attached hydrogens (tertiary/aromatic N) is 5. The Balaban J connectivity index is 1.42. The minimum absolute atomic E-state index is 0.250. The average Bonchev–Trinajstić information content (AvgIpc) is 3.20. The van der Waals surface area contributed by atoms with Gasteiger partial charge >= 0.3 is 0 Å². The maximum atomic E-state index is 5.87. The summed E-state index contributed by atoms with van der Waals surface area (Å²) in [6, 6.07) is 8.23. The van der Waals surface area contributed by atoms with Crippen molar-refractivity contribution >= 4 is 0 Å². The first-order valence-electron chi connectivity index (χ1n) is 8.77. The molecule has 1 fully saturated rings. The molecule has 134 valence electrons. The van der Waals surface area contributed by atoms with Crippen LogP contribution >= 0.6 is 0 Å². The van der Waals surface area contributed by atoms with E-state index in [-0.39, 0.29) is 5.92 Å². The van der Waals surface area contributed by atoms with Crippen molar-refractivity contribution in [1.82, 2.24) is 25.1 Å². The summed E-state index contributed by atoms with van der Waals surface area (Å²) >= 11 is 0. The number of hydrogen-bond donors (Lipinski definition) is 0. The quantitative estimate of drug-likeness (QED) is 0.699. The summed E-state index contributed by atoms with van der Waals surface area (Å²) < 4.78 is 11.1. The Morgan fingerprint density at radius 1 is 1.19 bits per heavy atom. The molecule has 7 heteroatoms. The molecule has 0 bridgehead atoms. The molecule has 0 aliphatic carbocycles. The van der Waals surface area contributed by atoms with Crippen molar-refractivity contribution in [2.75, 3.05) is 20.2 Å². The summed E-state index contributed by atoms with van der Waals surface area (Å²) in [6.07, 6.45) is 7.05. The molecule has 1 aliphatic heterocycles. The summed E-state index contributed by atoms with van der Waals surface area (Å²) in [5.74, 6) is 2.25. The third-order valence-corrected chi connectivity index (χ3v) is 4.64. The number of benzene rings is 1. The van der Waals surface area contributed by atoms with Crippen molar-refractivity contribution in [2.24, 2.45) is 0 Å². The van der Waals surface area contributed by atoms with Crippen molar-refractivity contribution in [3.8, 4) is 17.3 Å². The summed E-state index contributed by atoms with van der Waals surface area (Å²) in [5.41, 5.74) is 1.88. The minimum atomic E-state index is 0.250. The van der Waals surface area contributed by atoms with Crippen LogP contribution in [0.15, 0.2) is 47.3 Å². The summed E-state index contributed by atoms with van der Waals surface area (Å²) in [6.45, 7) is 2.90. The van der Waals surface area contributed by atoms with Crippen LogP contribution in [0.2, 0.25) is 0 Å². The summed E-state index contributed by atoms with van der Waals surface area (Å²) in [5, 5.41) is 8.39. The lowest BCUT2D eigenvalue weighted by Gasteiger charge is -2.31. The van der Waals surface area contributed by atoms with Crippen LogP contribution in [0.5, 0.6) is 5.75 Å². The second-order valence-corrected chi connectivity index (χ2v) is 6.46. The molecule has 0 spiro atoms. The Bertz CT molecular complexity index is 835. The van der Waals surface area contributed by atoms with E-state index in [0.717, 1.165) is 38.2 Å². The highest BCUT2D eigenvalue weighted by Gasteiger charge is 2.26. The maximum absolute atomic E-state index is 5.87. The molecule has 0 saturated carbocycles. The van der Waals surface area contributed by atoms with E-state index in [1.807, 2.05) is 12.1 Å². The van der Waals surface area contributed by atoms with Crippen LogP contribution in [0.4, 0.5) is 0 Å². The fourth-order valence-electron chi connectivity index (χ4n) is 3.30. The Hall–Kier alpha value is -2.80. The molecule has 4 rings (SSSR count). The number of ether oxygens (including phenoxy) is 1. The Morgan fingerprint density at radius 2 is 2.08 bits per heavy atom. The van der Waals surface area contributed by atoms with E-state index in [1.54, 1.807) is 25.7 Å². The van der Waals surface area contributed by atoms with Gasteiger partial charge in [0.25, 0.3) is 5.89 Å². The fraction of sp³-hybridized carbons (Fsp3) is 0.368. The van der Waals surface area contributed by atoms with Crippen LogP contribution in [0.3, 0.4) is 0 Å². The zero-order valence-electron chi connectivity index (χ0n) is 14.7. The highest BCUT2D eigenvalue weighted by Crippen LogP contribution is 2.28. The second-order valence-electron chi connectivity index (χ2n) is 6.46. The molecule has 2 aromatic heterocycles. The van der Waals surface area contributed by atoms with Crippen molar-refractivity contribution in [1.29, 1.82) is 0 Å². The molecule has 1 atom stereocenters. The zero-order valence-corrected chi connectivity index (χ0v) is 14.7. The number of rotatable bonds is 5. The SMILES string of the molecule is COc1ccc(CN2CCC[C@H](c3nnc(-c4cnccn4)o3)C2)cc1. The Kier molecular flexibility index (Phi) is 4.88. The van der Waals surface area contributed by atoms with Gasteiger partial charge in [-0.2, -0.15) is 0 Å². The van der Waals surface area contributed by atoms with E-state index in [1.165, 1.54) is 5.56 Å². The van der Waals surface area contributed by atoms with Gasteiger partial charge in [0.05, 0.1) is 19.2 Å². The van der Waals surface area contributed by atoms with Gasteiger partial charge in [0.1, 0.15) is 11.4 Å². The van der Waals surface area contributed by atoms with Gasteiger partial charge in [0, 0.05) is 25.5 Å². The molecule has 26 heavy (non-hydrogen) atoms. The molecule has 1 aliphatic rings. The van der Waals surface area contributed by atoms with Gasteiger partial charge in [-0.1, -0.05) is 12.1 Å². The summed E-state index contributed by atoms with van der Waals surface area (Å²) in [7, 11) is 1.68. The molecule has 3 heterocycles. The molecule has 0 amide bonds. The van der Waals surface area contributed by atoms with Crippen LogP contribution in [0.1, 0.15) is 30.2 Å². The first-order valence-corrected chi connectivity index (χ1v) is 8.77. The molecular formula is C19H21N5O2. The largest absolute Gasteiger partial charge is 0.497 e. The van der Waals surface area contributed by atoms with E-state index >= 15 is 0 Å². The standard InChI is InChI=1S/C19H21N5O2/c1-25-16-6-4-14(5-7-16)12-24-10-2-3-15(13-24)18-22-23-19(26-18)17-11-20-8-9-21-17/h4-9,11,15H,2-3,10,12-13H2,1H3/t15-/m0/s1. The lowest BCUT2D eigenvalue weighted by atomic mass is 9.97. The highest BCUT2D eigenvalue weighted by molar-refractivity contribution is 5.43. The maximum Gasteiger partial charge on any atom is 0.267 e. The number of aromatic nitrogens is 4. The summed E-state index contributed by atoms with van der Waals surface area (Å²) in [4.78, 5) is 10.7. The zero-order chi connectivity index (χ0) is 17.8. The fourth-order valence-corrected chi connectivity index (χ4v) is 3.30. The van der Waals surface area contributed by atoms with E-state index in [9.17, 15) is 0 Å². The Morgan fingerprint density at radius 3 is 2.85 bits per heavy atom. The third kappa shape index (κ3) is 3.72. The molecular weight excluding hydrogens is 330 g/mol. The lowest BCUT2D eigenvalue weighted by Crippen LogP contribution is -2.34. The van der Waals surface area contributed by atoms with Crippen LogP contribution in [-0.4, -0.2) is 45.3 Å². The van der Waals surface area contributed by atoms with E-state index in [2.05, 4.69) is 37.2 Å². The van der Waals surface area contributed by atoms with Gasteiger partial charge in [-0.3, -0.25) is 9.88 Å². The smallest absolute Gasteiger partial charge is 0.267 e. The monoisotopic (exact) mass is 351 g/mol. The van der Waals surface area contributed by atoms with Gasteiger partial charge in [-0.15, -0.1) is 10.2 Å². The molecule has 0 radical (unpaired) electrons. The number of hydrogen-bond acceptors (Lipinski definition) is 7. The molecule has 1 saturated heterocycles. The predicted octanol–water partition coefficient (Wildman–Crippen LogP) is 2.91. The molecule has 0 N–H and O–H groups in total. The van der Waals surface area contributed by atoms with Gasteiger partial charge < -0.3 is 9.15 Å². The van der Waals surface area contributed by atoms with Gasteiger partial charge in [-0.05, 0) is 37.1 Å². The van der Waals surface area contributed by atoms with Crippen molar-refractivity contribution < 1.29 is 9.15 Å². The first kappa shape index (κ1) is 16.7. The van der Waals surface area contributed by atoms with Gasteiger partial charge in [0.15, 0.2) is 0 Å². The van der Waals surface area contributed by atoms with Gasteiger partial charge in [-0.25, -0.2) is 4.98 Å². The lowest BCUT2D eigenvalue weighted by molar-refractivity contribution is 0.186. The number of methoxy groups -OCH3 is 1. The number of likely N-dealkylation sites (tertiary alicyclic amines) is 1. The van der Waals surface area contributed by atoms with E-state index < -0.39 is 0 Å². The predicted molar refractivity (Wildman–Crippen MR) is 95.6 cm³/mol. The van der Waals surface area contributed by atoms with Crippen molar-refractivity contribution in [3.63, 3.8) is 0 Å². The molecule has 0 unspecified atom stereocenters. The van der Waals surface area contributed by atoms with Crippen LogP contribution in [0.25, 0.3) is 11.6 Å². The van der Waals surface area contributed by atoms with Crippen LogP contribution in [-0.2, 0) is 6.54 Å². The first-order chi connectivity index (χ1) is 12.8. The topological polar surface area (TPSA) is 77.2 Å². The minimum Gasteiger partial charge on any atom is -0.497 e.